The first kappa shape index (κ1) is 14.3. The molecule has 1 aromatic rings. The number of carbonyl (C=O) groups is 1. The van der Waals surface area contributed by atoms with Gasteiger partial charge in [-0.25, -0.2) is 4.98 Å². The van der Waals surface area contributed by atoms with E-state index in [-0.39, 0.29) is 17.0 Å². The molecule has 25 heavy (non-hydrogen) atoms. The van der Waals surface area contributed by atoms with Crippen LogP contribution in [0.5, 0.6) is 0 Å². The second-order valence-electron chi connectivity index (χ2n) is 6.14. The molecule has 5 heteroatoms. The van der Waals surface area contributed by atoms with Gasteiger partial charge >= 0.3 is 0 Å². The highest BCUT2D eigenvalue weighted by Gasteiger charge is 2.41. The molecule has 0 bridgehead atoms. The van der Waals surface area contributed by atoms with Crippen LogP contribution in [0.2, 0.25) is 0 Å². The molecule has 0 fully saturated rings. The summed E-state index contributed by atoms with van der Waals surface area (Å²) in [4.78, 5) is 29.7. The molecule has 3 aliphatic carbocycles. The van der Waals surface area contributed by atoms with Gasteiger partial charge in [0.1, 0.15) is 16.6 Å². The Morgan fingerprint density at radius 3 is 2.64 bits per heavy atom. The number of aliphatic hydroxyl groups is 1. The van der Waals surface area contributed by atoms with E-state index in [1.54, 1.807) is 36.4 Å². The van der Waals surface area contributed by atoms with E-state index in [1.165, 1.54) is 17.4 Å². The van der Waals surface area contributed by atoms with Crippen LogP contribution in [0.4, 0.5) is 0 Å². The first-order chi connectivity index (χ1) is 12.1. The molecule has 0 saturated heterocycles. The van der Waals surface area contributed by atoms with Crippen LogP contribution in [-0.4, -0.2) is 10.9 Å². The zero-order chi connectivity index (χ0) is 17.1. The Kier molecular flexibility index (Phi) is 2.85. The molecule has 1 atom stereocenters. The molecule has 4 aliphatic rings. The van der Waals surface area contributed by atoms with Gasteiger partial charge in [0.05, 0.1) is 4.88 Å². The third kappa shape index (κ3) is 1.96. The minimum absolute atomic E-state index is 0.0303. The molecular weight excluding hydrogens is 334 g/mol. The lowest BCUT2D eigenvalue weighted by Gasteiger charge is -2.26. The lowest BCUT2D eigenvalue weighted by atomic mass is 9.77. The zero-order valence-corrected chi connectivity index (χ0v) is 13.8. The van der Waals surface area contributed by atoms with Crippen molar-refractivity contribution in [3.8, 4) is 10.6 Å². The molecule has 0 amide bonds. The topological polar surface area (TPSA) is 68.5 Å². The molecule has 1 heterocycles. The number of allylic oxidation sites excluding steroid dienone is 2. The van der Waals surface area contributed by atoms with E-state index in [0.29, 0.717) is 16.7 Å². The molecule has 5 rings (SSSR count). The number of Topliss-reactive ketones (excluding diaryl/α,β-unsaturated/α-hetero) is 1. The Hall–Kier alpha value is -3.05. The van der Waals surface area contributed by atoms with E-state index in [4.69, 9.17) is 0 Å². The van der Waals surface area contributed by atoms with Gasteiger partial charge < -0.3 is 5.11 Å². The number of aromatic nitrogens is 1. The number of hydrogen-bond acceptors (Lipinski definition) is 4. The number of aromatic amines is 1. The maximum Gasteiger partial charge on any atom is 0.221 e. The summed E-state index contributed by atoms with van der Waals surface area (Å²) in [5, 5.41) is 10.7. The number of hydrogen-bond donors (Lipinski definition) is 1. The Labute approximate surface area is 146 Å². The smallest absolute Gasteiger partial charge is 0.221 e. The van der Waals surface area contributed by atoms with Crippen LogP contribution in [0, 0.1) is 0 Å². The maximum atomic E-state index is 13.1. The molecule has 0 radical (unpaired) electrons. The maximum absolute atomic E-state index is 13.1. The Balaban J connectivity index is 1.81. The van der Waals surface area contributed by atoms with Crippen LogP contribution in [0.3, 0.4) is 0 Å². The van der Waals surface area contributed by atoms with Crippen molar-refractivity contribution in [1.82, 2.24) is 0 Å². The van der Waals surface area contributed by atoms with E-state index in [2.05, 4.69) is 4.98 Å². The molecule has 120 valence electrons. The molecule has 0 aromatic heterocycles. The van der Waals surface area contributed by atoms with Crippen molar-refractivity contribution >= 4 is 29.0 Å². The average Bonchev–Trinajstić information content (AvgIpc) is 2.63. The Morgan fingerprint density at radius 1 is 1.00 bits per heavy atom. The van der Waals surface area contributed by atoms with Gasteiger partial charge in [0.2, 0.25) is 11.4 Å². The highest BCUT2D eigenvalue weighted by Crippen LogP contribution is 2.44. The fraction of sp³-hybridized carbons (Fsp3) is 0.0500. The Morgan fingerprint density at radius 2 is 1.80 bits per heavy atom. The SMILES string of the molecule is O=C1c2ccccc2C(O)=C2C=Cc3sc4cc(=O)ccc-4[nH+]c3C12. The third-order valence-corrected chi connectivity index (χ3v) is 5.84. The first-order valence-corrected chi connectivity index (χ1v) is 8.70. The summed E-state index contributed by atoms with van der Waals surface area (Å²) >= 11 is 1.47. The normalized spacial score (nSPS) is 18.1. The molecular formula is C20H12NO3S+. The van der Waals surface area contributed by atoms with Gasteiger partial charge in [-0.1, -0.05) is 30.3 Å². The first-order valence-electron chi connectivity index (χ1n) is 7.88. The summed E-state index contributed by atoms with van der Waals surface area (Å²) in [5.41, 5.74) is 3.25. The van der Waals surface area contributed by atoms with Crippen LogP contribution in [0.15, 0.2) is 58.9 Å². The molecule has 1 aromatic carbocycles. The van der Waals surface area contributed by atoms with E-state index in [0.717, 1.165) is 21.1 Å². The predicted molar refractivity (Wildman–Crippen MR) is 95.9 cm³/mol. The van der Waals surface area contributed by atoms with Gasteiger partial charge in [0, 0.05) is 28.8 Å². The molecule has 4 nitrogen and oxygen atoms in total. The van der Waals surface area contributed by atoms with Crippen LogP contribution >= 0.6 is 11.3 Å². The van der Waals surface area contributed by atoms with Crippen LogP contribution in [-0.2, 0) is 0 Å². The van der Waals surface area contributed by atoms with Crippen molar-refractivity contribution in [2.75, 3.05) is 0 Å². The van der Waals surface area contributed by atoms with Crippen LogP contribution < -0.4 is 10.4 Å². The highest BCUT2D eigenvalue weighted by atomic mass is 32.1. The number of nitrogens with one attached hydrogen (secondary N) is 1. The number of fused-ring (bicyclic) bond motifs is 5. The minimum atomic E-state index is -0.553. The van der Waals surface area contributed by atoms with Gasteiger partial charge in [-0.2, -0.15) is 0 Å². The average molecular weight is 346 g/mol. The van der Waals surface area contributed by atoms with Gasteiger partial charge in [-0.15, -0.1) is 11.3 Å². The summed E-state index contributed by atoms with van der Waals surface area (Å²) < 4.78 is 0. The summed E-state index contributed by atoms with van der Waals surface area (Å²) in [6.45, 7) is 0. The number of rotatable bonds is 0. The highest BCUT2D eigenvalue weighted by molar-refractivity contribution is 7.16. The second kappa shape index (κ2) is 4.97. The summed E-state index contributed by atoms with van der Waals surface area (Å²) in [6.07, 6.45) is 3.68. The summed E-state index contributed by atoms with van der Waals surface area (Å²) in [6, 6.07) is 11.9. The van der Waals surface area contributed by atoms with Gasteiger partial charge in [0.25, 0.3) is 0 Å². The number of ketones is 1. The standard InChI is InChI=1S/C20H11NO3S/c22-10-5-7-14-16(9-10)25-15-8-6-13-17(18(15)21-14)20(24)12-4-2-1-3-11(12)19(13)23/h1-9,17,23H/p+1. The van der Waals surface area contributed by atoms with Crippen molar-refractivity contribution in [2.24, 2.45) is 0 Å². The molecule has 2 N–H and O–H groups in total. The van der Waals surface area contributed by atoms with Crippen molar-refractivity contribution in [2.45, 2.75) is 5.92 Å². The van der Waals surface area contributed by atoms with Crippen LogP contribution in [0.25, 0.3) is 22.4 Å². The fourth-order valence-electron chi connectivity index (χ4n) is 3.53. The lowest BCUT2D eigenvalue weighted by Crippen LogP contribution is -2.31. The molecule has 0 spiro atoms. The van der Waals surface area contributed by atoms with Gasteiger partial charge in [-0.3, -0.25) is 9.59 Å². The Bertz CT molecular complexity index is 1160. The second-order valence-corrected chi connectivity index (χ2v) is 7.23. The molecule has 0 saturated carbocycles. The number of benzene rings is 2. The summed E-state index contributed by atoms with van der Waals surface area (Å²) in [5.74, 6) is -0.435. The number of carbonyl (C=O) groups excluding carboxylic acids is 1. The predicted octanol–water partition coefficient (Wildman–Crippen LogP) is 3.30. The van der Waals surface area contributed by atoms with Crippen molar-refractivity contribution in [3.63, 3.8) is 0 Å². The lowest BCUT2D eigenvalue weighted by molar-refractivity contribution is -0.377. The van der Waals surface area contributed by atoms with Gasteiger partial charge in [0.15, 0.2) is 11.2 Å². The summed E-state index contributed by atoms with van der Waals surface area (Å²) in [7, 11) is 0. The van der Waals surface area contributed by atoms with Gasteiger partial charge in [-0.05, 0) is 12.1 Å². The number of aliphatic hydroxyl groups excluding tert-OH is 1. The van der Waals surface area contributed by atoms with Crippen molar-refractivity contribution in [1.29, 1.82) is 0 Å². The molecule has 1 aliphatic heterocycles. The zero-order valence-electron chi connectivity index (χ0n) is 12.9. The fourth-order valence-corrected chi connectivity index (χ4v) is 4.59. The largest absolute Gasteiger partial charge is 0.507 e. The van der Waals surface area contributed by atoms with Crippen molar-refractivity contribution < 1.29 is 14.9 Å². The van der Waals surface area contributed by atoms with E-state index in [9.17, 15) is 14.7 Å². The molecule has 1 unspecified atom stereocenters. The van der Waals surface area contributed by atoms with E-state index in [1.807, 2.05) is 12.1 Å². The quantitative estimate of drug-likeness (QED) is 0.679. The van der Waals surface area contributed by atoms with E-state index >= 15 is 0 Å². The van der Waals surface area contributed by atoms with E-state index < -0.39 is 5.92 Å². The monoisotopic (exact) mass is 346 g/mol. The third-order valence-electron chi connectivity index (χ3n) is 4.71. The van der Waals surface area contributed by atoms with Crippen molar-refractivity contribution in [3.05, 3.63) is 86.0 Å². The minimum Gasteiger partial charge on any atom is -0.507 e. The van der Waals surface area contributed by atoms with Crippen LogP contribution in [0.1, 0.15) is 32.4 Å². The number of H-pyrrole nitrogens is 1.